The Morgan fingerprint density at radius 1 is 0.542 bits per heavy atom. The molecule has 0 fully saturated rings. The first-order valence-electron chi connectivity index (χ1n) is 21.8. The van der Waals surface area contributed by atoms with Crippen LogP contribution in [-0.2, 0) is 38.2 Å². The monoisotopic (exact) mass is 859 g/mol. The first-order chi connectivity index (χ1) is 28.5. The van der Waals surface area contributed by atoms with Crippen LogP contribution in [0, 0.1) is 0 Å². The van der Waals surface area contributed by atoms with Crippen LogP contribution >= 0.6 is 0 Å². The Hall–Kier alpha value is -4.62. The van der Waals surface area contributed by atoms with Gasteiger partial charge in [0.05, 0.1) is 0 Å². The van der Waals surface area contributed by atoms with Crippen molar-refractivity contribution in [2.75, 3.05) is 0 Å². The van der Waals surface area contributed by atoms with Gasteiger partial charge in [0, 0.05) is 0 Å². The van der Waals surface area contributed by atoms with Crippen LogP contribution in [0.5, 0.6) is 0 Å². The van der Waals surface area contributed by atoms with E-state index in [0.29, 0.717) is 3.63 Å². The molecule has 0 saturated heterocycles. The van der Waals surface area contributed by atoms with E-state index in [1.54, 1.807) is 30.3 Å². The number of hydrogen-bond acceptors (Lipinski definition) is 0. The predicted octanol–water partition coefficient (Wildman–Crippen LogP) is 12.9. The molecule has 1 atom stereocenters. The molecule has 0 bridgehead atoms. The van der Waals surface area contributed by atoms with E-state index < -0.39 is 26.8 Å². The fourth-order valence-corrected chi connectivity index (χ4v) is 35.5. The second-order valence-electron chi connectivity index (χ2n) is 19.0. The molecular weight excluding hydrogens is 804 g/mol. The van der Waals surface area contributed by atoms with Gasteiger partial charge in [-0.05, 0) is 0 Å². The van der Waals surface area contributed by atoms with Gasteiger partial charge in [-0.25, -0.2) is 0 Å². The summed E-state index contributed by atoms with van der Waals surface area (Å²) < 4.78 is 2.23. The normalized spacial score (nSPS) is 14.5. The first kappa shape index (κ1) is 39.8. The molecule has 2 aliphatic rings. The van der Waals surface area contributed by atoms with Crippen molar-refractivity contribution < 1.29 is 20.9 Å². The van der Waals surface area contributed by atoms with Gasteiger partial charge in [-0.1, -0.05) is 0 Å². The Morgan fingerprint density at radius 3 is 1.73 bits per heavy atom. The minimum atomic E-state index is -2.89. The van der Waals surface area contributed by atoms with Crippen molar-refractivity contribution in [2.24, 2.45) is 0 Å². The molecule has 9 rings (SSSR count). The van der Waals surface area contributed by atoms with Crippen molar-refractivity contribution in [3.8, 4) is 33.4 Å². The standard InChI is InChI=1S/C24H21.C21H25.C12H11Si.Zr/c1-2-7-18-16-22-10-6-11-23(24(22)17-18)21-14-12-20(13-15-21)19-8-4-3-5-9-19;1-20(2,3)16-9-7-14-11-15-8-10-17(21(4,5)6)13-19(15)18(14)12-16;1-3-7-11(8-4-1)13-12-9-5-2-6-10-12;/h3-6,8-17H,2,7H2,1H3;7,9-10,12-13H,11H2,1-6H3;1-10,13H;. The van der Waals surface area contributed by atoms with E-state index in [1.165, 1.54) is 55.6 Å². The summed E-state index contributed by atoms with van der Waals surface area (Å²) in [6.07, 6.45) is 5.99. The van der Waals surface area contributed by atoms with Gasteiger partial charge in [0.15, 0.2) is 0 Å². The molecule has 0 aliphatic heterocycles. The molecule has 59 heavy (non-hydrogen) atoms. The zero-order chi connectivity index (χ0) is 40.9. The van der Waals surface area contributed by atoms with E-state index in [2.05, 4.69) is 218 Å². The van der Waals surface area contributed by atoms with Gasteiger partial charge >= 0.3 is 365 Å². The summed E-state index contributed by atoms with van der Waals surface area (Å²) in [6, 6.07) is 63.8. The van der Waals surface area contributed by atoms with Gasteiger partial charge < -0.3 is 0 Å². The maximum absolute atomic E-state index is 2.89. The first-order valence-corrected chi connectivity index (χ1v) is 30.4. The number of fused-ring (bicyclic) bond motifs is 4. The molecule has 0 N–H and O–H groups in total. The third-order valence-electron chi connectivity index (χ3n) is 12.9. The summed E-state index contributed by atoms with van der Waals surface area (Å²) in [5.41, 5.74) is 19.1. The van der Waals surface area contributed by atoms with Crippen LogP contribution in [0.3, 0.4) is 0 Å². The Labute approximate surface area is 362 Å². The Kier molecular flexibility index (Phi) is 10.9. The molecule has 7 aromatic rings. The summed E-state index contributed by atoms with van der Waals surface area (Å²) in [5, 5.41) is 3.20. The van der Waals surface area contributed by atoms with Gasteiger partial charge in [0.2, 0.25) is 0 Å². The second-order valence-corrected chi connectivity index (χ2v) is 34.1. The Morgan fingerprint density at radius 2 is 1.12 bits per heavy atom. The number of allylic oxidation sites excluding steroid dienone is 1. The van der Waals surface area contributed by atoms with Crippen LogP contribution in [0.4, 0.5) is 0 Å². The molecule has 0 saturated carbocycles. The average molecular weight is 861 g/mol. The van der Waals surface area contributed by atoms with Gasteiger partial charge in [0.25, 0.3) is 0 Å². The molecule has 2 heteroatoms. The van der Waals surface area contributed by atoms with E-state index in [1.807, 2.05) is 0 Å². The number of hydrogen-bond donors (Lipinski definition) is 0. The topological polar surface area (TPSA) is 0 Å². The van der Waals surface area contributed by atoms with Crippen LogP contribution in [0.15, 0.2) is 169 Å². The molecular formula is C57H57SiZr. The molecule has 0 heterocycles. The third-order valence-corrected chi connectivity index (χ3v) is 34.8. The van der Waals surface area contributed by atoms with E-state index in [4.69, 9.17) is 0 Å². The average Bonchev–Trinajstić information content (AvgIpc) is 3.81. The zero-order valence-electron chi connectivity index (χ0n) is 35.9. The van der Waals surface area contributed by atoms with Gasteiger partial charge in [-0.3, -0.25) is 0 Å². The summed E-state index contributed by atoms with van der Waals surface area (Å²) in [7, 11) is 0. The van der Waals surface area contributed by atoms with E-state index >= 15 is 0 Å². The van der Waals surface area contributed by atoms with E-state index in [0.717, 1.165) is 19.3 Å². The maximum atomic E-state index is 2.77. The van der Waals surface area contributed by atoms with Crippen LogP contribution in [-0.4, -0.2) is 5.92 Å². The van der Waals surface area contributed by atoms with Crippen LogP contribution in [0.1, 0.15) is 98.3 Å². The van der Waals surface area contributed by atoms with Crippen LogP contribution in [0.25, 0.3) is 39.5 Å². The van der Waals surface area contributed by atoms with Crippen molar-refractivity contribution in [3.05, 3.63) is 203 Å². The van der Waals surface area contributed by atoms with E-state index in [-0.39, 0.29) is 10.8 Å². The van der Waals surface area contributed by atoms with Crippen molar-refractivity contribution >= 4 is 25.6 Å². The molecule has 293 valence electrons. The van der Waals surface area contributed by atoms with Crippen LogP contribution in [0.2, 0.25) is 0 Å². The number of rotatable bonds is 9. The van der Waals surface area contributed by atoms with Gasteiger partial charge in [0.1, 0.15) is 0 Å². The molecule has 1 unspecified atom stereocenters. The van der Waals surface area contributed by atoms with E-state index in [9.17, 15) is 0 Å². The van der Waals surface area contributed by atoms with Crippen molar-refractivity contribution in [1.29, 1.82) is 0 Å². The van der Waals surface area contributed by atoms with Gasteiger partial charge in [-0.15, -0.1) is 0 Å². The Bertz CT molecular complexity index is 2600. The minimum absolute atomic E-state index is 0.0216. The van der Waals surface area contributed by atoms with Crippen molar-refractivity contribution in [2.45, 2.75) is 82.2 Å². The molecule has 7 aromatic carbocycles. The summed E-state index contributed by atoms with van der Waals surface area (Å²) in [6.45, 7) is 16.7. The quantitative estimate of drug-likeness (QED) is 0.127. The molecule has 2 aliphatic carbocycles. The summed E-state index contributed by atoms with van der Waals surface area (Å²) >= 11 is -2.89. The summed E-state index contributed by atoms with van der Waals surface area (Å²) in [5.74, 6) is -1.79. The molecule has 0 spiro atoms. The number of benzene rings is 7. The fourth-order valence-electron chi connectivity index (χ4n) is 9.81. The van der Waals surface area contributed by atoms with Crippen LogP contribution < -0.4 is 13.6 Å². The fraction of sp³-hybridized carbons (Fsp3) is 0.228. The molecule has 0 nitrogen and oxygen atoms in total. The molecule has 0 amide bonds. The summed E-state index contributed by atoms with van der Waals surface area (Å²) in [4.78, 5) is 0. The Balaban J connectivity index is 1.30. The zero-order valence-corrected chi connectivity index (χ0v) is 39.6. The second kappa shape index (κ2) is 16.1. The van der Waals surface area contributed by atoms with Gasteiger partial charge in [-0.2, -0.15) is 0 Å². The SMILES string of the molecule is CCCC1=Cc2c(-c3ccc(-c4ccccc4)cc3)cccc2[CH]1[Zr]([c]1cc(C(C)(C)C)cc2c1Cc1ccc(C(C)(C)C)cc1-2)[SiH](c1ccccc1)c1ccccc1. The predicted molar refractivity (Wildman–Crippen MR) is 254 cm³/mol. The molecule has 0 radical (unpaired) electrons. The molecule has 0 aromatic heterocycles. The van der Waals surface area contributed by atoms with Crippen molar-refractivity contribution in [3.63, 3.8) is 0 Å². The third kappa shape index (κ3) is 7.69. The van der Waals surface area contributed by atoms with Crippen molar-refractivity contribution in [1.82, 2.24) is 0 Å².